The van der Waals surface area contributed by atoms with Crippen molar-refractivity contribution in [3.63, 3.8) is 0 Å². The topological polar surface area (TPSA) is 49.5 Å². The minimum atomic E-state index is -0.242. The Morgan fingerprint density at radius 1 is 1.20 bits per heavy atom. The van der Waals surface area contributed by atoms with Crippen LogP contribution >= 0.6 is 0 Å². The van der Waals surface area contributed by atoms with E-state index >= 15 is 0 Å². The Kier molecular flexibility index (Phi) is 7.13. The van der Waals surface area contributed by atoms with Gasteiger partial charge in [-0.2, -0.15) is 0 Å². The normalized spacial score (nSPS) is 14.8. The summed E-state index contributed by atoms with van der Waals surface area (Å²) in [6, 6.07) is 6.78. The molecule has 0 saturated heterocycles. The zero-order chi connectivity index (χ0) is 15.1. The molecule has 2 unspecified atom stereocenters. The van der Waals surface area contributed by atoms with Gasteiger partial charge in [0.1, 0.15) is 5.82 Å². The monoisotopic (exact) mass is 282 g/mol. The van der Waals surface area contributed by atoms with E-state index in [1.165, 1.54) is 12.1 Å². The Morgan fingerprint density at radius 2 is 1.75 bits per heavy atom. The van der Waals surface area contributed by atoms with E-state index in [1.807, 2.05) is 6.92 Å². The molecule has 20 heavy (non-hydrogen) atoms. The molecule has 0 aliphatic heterocycles. The van der Waals surface area contributed by atoms with Crippen LogP contribution in [0.15, 0.2) is 24.3 Å². The lowest BCUT2D eigenvalue weighted by Crippen LogP contribution is -2.46. The molecule has 0 radical (unpaired) electrons. The molecule has 0 fully saturated rings. The van der Waals surface area contributed by atoms with Gasteiger partial charge in [0, 0.05) is 24.7 Å². The van der Waals surface area contributed by atoms with Gasteiger partial charge in [0.25, 0.3) is 0 Å². The predicted octanol–water partition coefficient (Wildman–Crippen LogP) is 2.70. The highest BCUT2D eigenvalue weighted by Crippen LogP contribution is 2.27. The van der Waals surface area contributed by atoms with Crippen LogP contribution in [0.4, 0.5) is 4.39 Å². The van der Waals surface area contributed by atoms with Crippen molar-refractivity contribution in [1.29, 1.82) is 0 Å². The molecule has 0 spiro atoms. The molecule has 2 atom stereocenters. The SMILES string of the molecule is CCC(CC)N(CCO)C(c1ccc(F)cc1)C(C)N. The summed E-state index contributed by atoms with van der Waals surface area (Å²) in [5.41, 5.74) is 7.17. The third-order valence-electron chi connectivity index (χ3n) is 3.84. The number of benzene rings is 1. The number of halogens is 1. The minimum Gasteiger partial charge on any atom is -0.395 e. The van der Waals surface area contributed by atoms with Gasteiger partial charge in [0.05, 0.1) is 6.61 Å². The maximum absolute atomic E-state index is 13.1. The Labute approximate surface area is 121 Å². The largest absolute Gasteiger partial charge is 0.395 e. The molecule has 0 saturated carbocycles. The molecule has 4 heteroatoms. The van der Waals surface area contributed by atoms with Gasteiger partial charge in [-0.1, -0.05) is 26.0 Å². The van der Waals surface area contributed by atoms with Crippen LogP contribution in [0.25, 0.3) is 0 Å². The first-order chi connectivity index (χ1) is 9.54. The summed E-state index contributed by atoms with van der Waals surface area (Å²) in [5, 5.41) is 9.36. The molecule has 0 aliphatic rings. The van der Waals surface area contributed by atoms with Gasteiger partial charge in [-0.3, -0.25) is 4.90 Å². The number of rotatable bonds is 8. The Balaban J connectivity index is 3.10. The fourth-order valence-electron chi connectivity index (χ4n) is 2.88. The van der Waals surface area contributed by atoms with Crippen LogP contribution in [0.3, 0.4) is 0 Å². The smallest absolute Gasteiger partial charge is 0.123 e. The fraction of sp³-hybridized carbons (Fsp3) is 0.625. The summed E-state index contributed by atoms with van der Waals surface area (Å²) in [7, 11) is 0. The number of nitrogens with two attached hydrogens (primary N) is 1. The van der Waals surface area contributed by atoms with Gasteiger partial charge in [-0.25, -0.2) is 4.39 Å². The van der Waals surface area contributed by atoms with Crippen molar-refractivity contribution in [2.24, 2.45) is 5.73 Å². The van der Waals surface area contributed by atoms with Crippen LogP contribution in [0.1, 0.15) is 45.2 Å². The lowest BCUT2D eigenvalue weighted by atomic mass is 9.96. The van der Waals surface area contributed by atoms with Crippen LogP contribution in [0, 0.1) is 5.82 Å². The number of nitrogens with zero attached hydrogens (tertiary/aromatic N) is 1. The second-order valence-corrected chi connectivity index (χ2v) is 5.29. The van der Waals surface area contributed by atoms with Crippen LogP contribution in [-0.4, -0.2) is 35.2 Å². The van der Waals surface area contributed by atoms with Gasteiger partial charge in [-0.05, 0) is 37.5 Å². The van der Waals surface area contributed by atoms with Crippen molar-refractivity contribution in [3.8, 4) is 0 Å². The highest BCUT2D eigenvalue weighted by Gasteiger charge is 2.28. The van der Waals surface area contributed by atoms with Crippen molar-refractivity contribution in [3.05, 3.63) is 35.6 Å². The number of hydrogen-bond acceptors (Lipinski definition) is 3. The molecule has 1 aromatic rings. The van der Waals surface area contributed by atoms with Crippen molar-refractivity contribution >= 4 is 0 Å². The molecule has 3 N–H and O–H groups in total. The van der Waals surface area contributed by atoms with E-state index in [2.05, 4.69) is 18.7 Å². The van der Waals surface area contributed by atoms with Gasteiger partial charge in [0.2, 0.25) is 0 Å². The molecule has 0 aliphatic carbocycles. The van der Waals surface area contributed by atoms with Crippen molar-refractivity contribution in [2.45, 2.75) is 51.7 Å². The van der Waals surface area contributed by atoms with Gasteiger partial charge < -0.3 is 10.8 Å². The van der Waals surface area contributed by atoms with Crippen LogP contribution in [-0.2, 0) is 0 Å². The molecule has 0 amide bonds. The van der Waals surface area contributed by atoms with Gasteiger partial charge in [-0.15, -0.1) is 0 Å². The first kappa shape index (κ1) is 17.1. The number of aliphatic hydroxyl groups excluding tert-OH is 1. The number of hydrogen-bond donors (Lipinski definition) is 2. The summed E-state index contributed by atoms with van der Waals surface area (Å²) < 4.78 is 13.1. The minimum absolute atomic E-state index is 0.00681. The third kappa shape index (κ3) is 4.27. The van der Waals surface area contributed by atoms with E-state index in [0.29, 0.717) is 12.6 Å². The highest BCUT2D eigenvalue weighted by molar-refractivity contribution is 5.21. The van der Waals surface area contributed by atoms with E-state index < -0.39 is 0 Å². The molecular weight excluding hydrogens is 255 g/mol. The number of aliphatic hydroxyl groups is 1. The lowest BCUT2D eigenvalue weighted by Gasteiger charge is -2.39. The average molecular weight is 282 g/mol. The first-order valence-corrected chi connectivity index (χ1v) is 7.42. The second kappa shape index (κ2) is 8.35. The Morgan fingerprint density at radius 3 is 2.15 bits per heavy atom. The molecule has 0 bridgehead atoms. The van der Waals surface area contributed by atoms with E-state index in [9.17, 15) is 9.50 Å². The van der Waals surface area contributed by atoms with E-state index in [4.69, 9.17) is 5.73 Å². The van der Waals surface area contributed by atoms with Gasteiger partial charge in [0.15, 0.2) is 0 Å². The maximum atomic E-state index is 13.1. The third-order valence-corrected chi connectivity index (χ3v) is 3.84. The summed E-state index contributed by atoms with van der Waals surface area (Å²) in [6.07, 6.45) is 2.00. The molecule has 114 valence electrons. The molecule has 0 aromatic heterocycles. The van der Waals surface area contributed by atoms with E-state index in [1.54, 1.807) is 12.1 Å². The van der Waals surface area contributed by atoms with Crippen LogP contribution in [0.5, 0.6) is 0 Å². The molecule has 1 rings (SSSR count). The molecule has 0 heterocycles. The maximum Gasteiger partial charge on any atom is 0.123 e. The summed E-state index contributed by atoms with van der Waals surface area (Å²) in [4.78, 5) is 2.25. The van der Waals surface area contributed by atoms with E-state index in [-0.39, 0.29) is 24.5 Å². The molecule has 3 nitrogen and oxygen atoms in total. The summed E-state index contributed by atoms with van der Waals surface area (Å²) in [6.45, 7) is 6.92. The highest BCUT2D eigenvalue weighted by atomic mass is 19.1. The zero-order valence-electron chi connectivity index (χ0n) is 12.7. The Hall–Kier alpha value is -0.970. The van der Waals surface area contributed by atoms with Gasteiger partial charge >= 0.3 is 0 Å². The standard InChI is InChI=1S/C16H27FN2O/c1-4-15(5-2)19(10-11-20)16(12(3)18)13-6-8-14(17)9-7-13/h6-9,12,15-16,20H,4-5,10-11,18H2,1-3H3. The zero-order valence-corrected chi connectivity index (χ0v) is 12.7. The summed E-state index contributed by atoms with van der Waals surface area (Å²) >= 11 is 0. The van der Waals surface area contributed by atoms with E-state index in [0.717, 1.165) is 18.4 Å². The quantitative estimate of drug-likeness (QED) is 0.771. The van der Waals surface area contributed by atoms with Crippen LogP contribution < -0.4 is 5.73 Å². The van der Waals surface area contributed by atoms with Crippen molar-refractivity contribution < 1.29 is 9.50 Å². The molecular formula is C16H27FN2O. The first-order valence-electron chi connectivity index (χ1n) is 7.42. The predicted molar refractivity (Wildman–Crippen MR) is 81.0 cm³/mol. The summed E-state index contributed by atoms with van der Waals surface area (Å²) in [5.74, 6) is -0.242. The fourth-order valence-corrected chi connectivity index (χ4v) is 2.88. The average Bonchev–Trinajstić information content (AvgIpc) is 2.42. The lowest BCUT2D eigenvalue weighted by molar-refractivity contribution is 0.0852. The Bertz CT molecular complexity index is 377. The van der Waals surface area contributed by atoms with Crippen molar-refractivity contribution in [2.75, 3.05) is 13.2 Å². The molecule has 1 aromatic carbocycles. The van der Waals surface area contributed by atoms with Crippen LogP contribution in [0.2, 0.25) is 0 Å². The second-order valence-electron chi connectivity index (χ2n) is 5.29. The van der Waals surface area contributed by atoms with Crippen molar-refractivity contribution in [1.82, 2.24) is 4.90 Å².